The zero-order valence-electron chi connectivity index (χ0n) is 10.4. The fourth-order valence-corrected chi connectivity index (χ4v) is 1.44. The highest BCUT2D eigenvalue weighted by Crippen LogP contribution is 2.16. The Labute approximate surface area is 113 Å². The second-order valence-corrected chi connectivity index (χ2v) is 3.89. The number of H-pyrrole nitrogens is 1. The van der Waals surface area contributed by atoms with E-state index in [2.05, 4.69) is 15.3 Å². The zero-order valence-corrected chi connectivity index (χ0v) is 10.4. The SMILES string of the molecule is O=C(COc1ccc([N+](=O)[O-])cc1)NCc1cnc[nH]1. The smallest absolute Gasteiger partial charge is 0.269 e. The summed E-state index contributed by atoms with van der Waals surface area (Å²) in [5.74, 6) is 0.102. The monoisotopic (exact) mass is 276 g/mol. The molecule has 0 atom stereocenters. The topological polar surface area (TPSA) is 110 Å². The Morgan fingerprint density at radius 1 is 1.40 bits per heavy atom. The number of imidazole rings is 1. The van der Waals surface area contributed by atoms with Gasteiger partial charge in [-0.2, -0.15) is 0 Å². The summed E-state index contributed by atoms with van der Waals surface area (Å²) >= 11 is 0. The van der Waals surface area contributed by atoms with Crippen molar-refractivity contribution in [1.82, 2.24) is 15.3 Å². The highest BCUT2D eigenvalue weighted by Gasteiger charge is 2.06. The number of nitrogens with one attached hydrogen (secondary N) is 2. The van der Waals surface area contributed by atoms with Crippen molar-refractivity contribution < 1.29 is 14.5 Å². The number of amides is 1. The summed E-state index contributed by atoms with van der Waals surface area (Å²) in [7, 11) is 0. The van der Waals surface area contributed by atoms with Gasteiger partial charge in [0.25, 0.3) is 11.6 Å². The number of carbonyl (C=O) groups excluding carboxylic acids is 1. The van der Waals surface area contributed by atoms with Gasteiger partial charge in [0.2, 0.25) is 0 Å². The van der Waals surface area contributed by atoms with E-state index in [1.54, 1.807) is 6.20 Å². The van der Waals surface area contributed by atoms with Gasteiger partial charge in [-0.1, -0.05) is 0 Å². The van der Waals surface area contributed by atoms with E-state index >= 15 is 0 Å². The third kappa shape index (κ3) is 3.80. The summed E-state index contributed by atoms with van der Waals surface area (Å²) < 4.78 is 5.21. The van der Waals surface area contributed by atoms with E-state index < -0.39 is 4.92 Å². The number of hydrogen-bond donors (Lipinski definition) is 2. The van der Waals surface area contributed by atoms with Crippen molar-refractivity contribution in [2.45, 2.75) is 6.54 Å². The normalized spacial score (nSPS) is 10.0. The molecule has 2 aromatic rings. The number of benzene rings is 1. The fraction of sp³-hybridized carbons (Fsp3) is 0.167. The summed E-state index contributed by atoms with van der Waals surface area (Å²) in [4.78, 5) is 28.2. The van der Waals surface area contributed by atoms with E-state index in [9.17, 15) is 14.9 Å². The molecule has 0 saturated carbocycles. The van der Waals surface area contributed by atoms with Crippen LogP contribution in [0.3, 0.4) is 0 Å². The summed E-state index contributed by atoms with van der Waals surface area (Å²) in [5, 5.41) is 13.1. The molecular weight excluding hydrogens is 264 g/mol. The van der Waals surface area contributed by atoms with Gasteiger partial charge in [-0.15, -0.1) is 0 Å². The average molecular weight is 276 g/mol. The Hall–Kier alpha value is -2.90. The molecule has 0 aliphatic carbocycles. The number of carbonyl (C=O) groups is 1. The van der Waals surface area contributed by atoms with Crippen molar-refractivity contribution in [3.63, 3.8) is 0 Å². The van der Waals surface area contributed by atoms with Crippen LogP contribution in [0, 0.1) is 10.1 Å². The lowest BCUT2D eigenvalue weighted by atomic mass is 10.3. The minimum absolute atomic E-state index is 0.0268. The van der Waals surface area contributed by atoms with E-state index in [1.807, 2.05) is 0 Å². The van der Waals surface area contributed by atoms with Crippen LogP contribution in [0.15, 0.2) is 36.8 Å². The van der Waals surface area contributed by atoms with Crippen LogP contribution in [0.2, 0.25) is 0 Å². The first-order valence-corrected chi connectivity index (χ1v) is 5.76. The number of aromatic nitrogens is 2. The van der Waals surface area contributed by atoms with Crippen LogP contribution >= 0.6 is 0 Å². The highest BCUT2D eigenvalue weighted by atomic mass is 16.6. The molecule has 1 aromatic heterocycles. The molecule has 2 N–H and O–H groups in total. The van der Waals surface area contributed by atoms with Crippen LogP contribution in [0.25, 0.3) is 0 Å². The van der Waals surface area contributed by atoms with Crippen LogP contribution in [-0.4, -0.2) is 27.4 Å². The third-order valence-electron chi connectivity index (χ3n) is 2.45. The number of hydrogen-bond acceptors (Lipinski definition) is 5. The van der Waals surface area contributed by atoms with E-state index in [4.69, 9.17) is 4.74 Å². The van der Waals surface area contributed by atoms with Gasteiger partial charge >= 0.3 is 0 Å². The maximum atomic E-state index is 11.5. The zero-order chi connectivity index (χ0) is 14.4. The molecule has 0 fully saturated rings. The van der Waals surface area contributed by atoms with Crippen LogP contribution < -0.4 is 10.1 Å². The molecule has 8 heteroatoms. The van der Waals surface area contributed by atoms with Crippen LogP contribution in [0.5, 0.6) is 5.75 Å². The number of nitrogens with zero attached hydrogens (tertiary/aromatic N) is 2. The molecule has 0 unspecified atom stereocenters. The first kappa shape index (κ1) is 13.5. The van der Waals surface area contributed by atoms with Crippen LogP contribution in [-0.2, 0) is 11.3 Å². The summed E-state index contributed by atoms with van der Waals surface area (Å²) in [6.45, 7) is 0.175. The molecule has 104 valence electrons. The van der Waals surface area contributed by atoms with E-state index in [-0.39, 0.29) is 18.2 Å². The Balaban J connectivity index is 1.76. The second kappa shape index (κ2) is 6.32. The van der Waals surface area contributed by atoms with Gasteiger partial charge in [0.05, 0.1) is 23.5 Å². The summed E-state index contributed by atoms with van der Waals surface area (Å²) in [5.41, 5.74) is 0.759. The number of non-ortho nitro benzene ring substituents is 1. The molecule has 20 heavy (non-hydrogen) atoms. The van der Waals surface area contributed by atoms with E-state index in [1.165, 1.54) is 30.6 Å². The largest absolute Gasteiger partial charge is 0.484 e. The standard InChI is InChI=1S/C12H12N4O4/c17-12(14-6-9-5-13-8-15-9)7-20-11-3-1-10(2-4-11)16(18)19/h1-5,8H,6-7H2,(H,13,15)(H,14,17). The Kier molecular flexibility index (Phi) is 4.28. The van der Waals surface area contributed by atoms with Gasteiger partial charge < -0.3 is 15.0 Å². The van der Waals surface area contributed by atoms with Crippen molar-refractivity contribution in [2.75, 3.05) is 6.61 Å². The minimum Gasteiger partial charge on any atom is -0.484 e. The molecular formula is C12H12N4O4. The van der Waals surface area contributed by atoms with Crippen molar-refractivity contribution in [3.8, 4) is 5.75 Å². The van der Waals surface area contributed by atoms with Gasteiger partial charge in [-0.25, -0.2) is 4.98 Å². The quantitative estimate of drug-likeness (QED) is 0.604. The number of nitro groups is 1. The Morgan fingerprint density at radius 2 is 2.15 bits per heavy atom. The predicted octanol–water partition coefficient (Wildman–Crippen LogP) is 1.01. The fourth-order valence-electron chi connectivity index (χ4n) is 1.44. The van der Waals surface area contributed by atoms with Gasteiger partial charge in [-0.05, 0) is 12.1 Å². The second-order valence-electron chi connectivity index (χ2n) is 3.89. The molecule has 1 heterocycles. The molecule has 2 rings (SSSR count). The van der Waals surface area contributed by atoms with Crippen molar-refractivity contribution in [1.29, 1.82) is 0 Å². The Bertz CT molecular complexity index is 580. The molecule has 0 aliphatic rings. The third-order valence-corrected chi connectivity index (χ3v) is 2.45. The van der Waals surface area contributed by atoms with Crippen molar-refractivity contribution >= 4 is 11.6 Å². The number of nitro benzene ring substituents is 1. The molecule has 0 saturated heterocycles. The van der Waals surface area contributed by atoms with Gasteiger partial charge in [0.1, 0.15) is 5.75 Å². The van der Waals surface area contributed by atoms with Crippen LogP contribution in [0.1, 0.15) is 5.69 Å². The van der Waals surface area contributed by atoms with Crippen molar-refractivity contribution in [2.24, 2.45) is 0 Å². The minimum atomic E-state index is -0.499. The molecule has 0 bridgehead atoms. The van der Waals surface area contributed by atoms with Gasteiger partial charge in [0.15, 0.2) is 6.61 Å². The number of rotatable bonds is 6. The predicted molar refractivity (Wildman–Crippen MR) is 69.0 cm³/mol. The van der Waals surface area contributed by atoms with E-state index in [0.717, 1.165) is 5.69 Å². The molecule has 8 nitrogen and oxygen atoms in total. The lowest BCUT2D eigenvalue weighted by Gasteiger charge is -2.06. The summed E-state index contributed by atoms with van der Waals surface area (Å²) in [6.07, 6.45) is 3.13. The first-order valence-electron chi connectivity index (χ1n) is 5.76. The molecule has 0 radical (unpaired) electrons. The van der Waals surface area contributed by atoms with Crippen LogP contribution in [0.4, 0.5) is 5.69 Å². The van der Waals surface area contributed by atoms with E-state index in [0.29, 0.717) is 12.3 Å². The number of ether oxygens (including phenoxy) is 1. The van der Waals surface area contributed by atoms with Gasteiger partial charge in [-0.3, -0.25) is 14.9 Å². The lowest BCUT2D eigenvalue weighted by molar-refractivity contribution is -0.384. The van der Waals surface area contributed by atoms with Crippen molar-refractivity contribution in [3.05, 3.63) is 52.6 Å². The first-order chi connectivity index (χ1) is 9.65. The molecule has 1 amide bonds. The van der Waals surface area contributed by atoms with Gasteiger partial charge in [0, 0.05) is 18.3 Å². The molecule has 0 spiro atoms. The summed E-state index contributed by atoms with van der Waals surface area (Å²) in [6, 6.07) is 5.52. The maximum Gasteiger partial charge on any atom is 0.269 e. The average Bonchev–Trinajstić information content (AvgIpc) is 2.96. The lowest BCUT2D eigenvalue weighted by Crippen LogP contribution is -2.28. The molecule has 1 aromatic carbocycles. The highest BCUT2D eigenvalue weighted by molar-refractivity contribution is 5.77. The molecule has 0 aliphatic heterocycles. The maximum absolute atomic E-state index is 11.5. The Morgan fingerprint density at radius 3 is 2.75 bits per heavy atom. The number of aromatic amines is 1.